The molecule has 0 atom stereocenters. The van der Waals surface area contributed by atoms with Crippen molar-refractivity contribution in [1.29, 1.82) is 0 Å². The number of pyridine rings is 1. The Kier molecular flexibility index (Phi) is 3.33. The molecule has 0 fully saturated rings. The minimum atomic E-state index is -4.71. The summed E-state index contributed by atoms with van der Waals surface area (Å²) < 4.78 is 45.4. The molecule has 3 heterocycles. The second-order valence-electron chi connectivity index (χ2n) is 4.79. The molecule has 120 valence electrons. The Morgan fingerprint density at radius 1 is 1.39 bits per heavy atom. The summed E-state index contributed by atoms with van der Waals surface area (Å²) in [6.45, 7) is 1.65. The van der Waals surface area contributed by atoms with Crippen LogP contribution in [0.2, 0.25) is 0 Å². The number of fused-ring (bicyclic) bond motifs is 1. The van der Waals surface area contributed by atoms with Crippen LogP contribution < -0.4 is 5.73 Å². The maximum absolute atomic E-state index is 13.4. The molecule has 0 saturated heterocycles. The molecule has 0 amide bonds. The van der Waals surface area contributed by atoms with Gasteiger partial charge in [0.1, 0.15) is 21.2 Å². The van der Waals surface area contributed by atoms with Gasteiger partial charge in [0.15, 0.2) is 5.76 Å². The SMILES string of the molecule is Cc1ccc(-c2cc(C(F)(F)F)c3c(N)c(C(=O)O)sc3n2)o1. The Morgan fingerprint density at radius 3 is 2.61 bits per heavy atom. The highest BCUT2D eigenvalue weighted by Gasteiger charge is 2.36. The van der Waals surface area contributed by atoms with Gasteiger partial charge in [-0.05, 0) is 25.1 Å². The first-order valence-corrected chi connectivity index (χ1v) is 7.10. The molecule has 3 N–H and O–H groups in total. The maximum Gasteiger partial charge on any atom is 0.417 e. The van der Waals surface area contributed by atoms with Crippen LogP contribution in [-0.2, 0) is 6.18 Å². The van der Waals surface area contributed by atoms with Crippen LogP contribution in [0.4, 0.5) is 18.9 Å². The molecular weight excluding hydrogens is 333 g/mol. The maximum atomic E-state index is 13.4. The minimum Gasteiger partial charge on any atom is -0.477 e. The molecule has 0 saturated carbocycles. The highest BCUT2D eigenvalue weighted by atomic mass is 32.1. The predicted molar refractivity (Wildman–Crippen MR) is 78.4 cm³/mol. The van der Waals surface area contributed by atoms with Gasteiger partial charge in [-0.2, -0.15) is 13.2 Å². The van der Waals surface area contributed by atoms with Crippen LogP contribution >= 0.6 is 11.3 Å². The Morgan fingerprint density at radius 2 is 2.09 bits per heavy atom. The number of nitrogens with zero attached hydrogens (tertiary/aromatic N) is 1. The zero-order chi connectivity index (χ0) is 16.9. The number of aromatic carboxylic acids is 1. The van der Waals surface area contributed by atoms with Crippen molar-refractivity contribution in [3.05, 3.63) is 34.4 Å². The number of hydrogen-bond donors (Lipinski definition) is 2. The van der Waals surface area contributed by atoms with Crippen molar-refractivity contribution in [2.45, 2.75) is 13.1 Å². The van der Waals surface area contributed by atoms with Crippen molar-refractivity contribution in [2.75, 3.05) is 5.73 Å². The zero-order valence-electron chi connectivity index (χ0n) is 11.6. The van der Waals surface area contributed by atoms with Gasteiger partial charge in [0.2, 0.25) is 0 Å². The van der Waals surface area contributed by atoms with E-state index in [9.17, 15) is 18.0 Å². The van der Waals surface area contributed by atoms with E-state index in [0.717, 1.165) is 6.07 Å². The summed E-state index contributed by atoms with van der Waals surface area (Å²) in [5.41, 5.74) is 4.10. The van der Waals surface area contributed by atoms with Crippen molar-refractivity contribution < 1.29 is 27.5 Å². The molecule has 3 rings (SSSR count). The average molecular weight is 342 g/mol. The van der Waals surface area contributed by atoms with Crippen LogP contribution in [0.5, 0.6) is 0 Å². The molecule has 9 heteroatoms. The van der Waals surface area contributed by atoms with E-state index in [0.29, 0.717) is 17.1 Å². The number of carboxylic acid groups (broad SMARTS) is 1. The molecule has 0 aliphatic heterocycles. The molecule has 0 bridgehead atoms. The van der Waals surface area contributed by atoms with E-state index in [4.69, 9.17) is 15.3 Å². The highest BCUT2D eigenvalue weighted by Crippen LogP contribution is 2.43. The van der Waals surface area contributed by atoms with Gasteiger partial charge in [0, 0.05) is 5.39 Å². The van der Waals surface area contributed by atoms with Gasteiger partial charge in [-0.25, -0.2) is 9.78 Å². The molecule has 5 nitrogen and oxygen atoms in total. The summed E-state index contributed by atoms with van der Waals surface area (Å²) in [6.07, 6.45) is -4.71. The lowest BCUT2D eigenvalue weighted by Gasteiger charge is -2.10. The van der Waals surface area contributed by atoms with Gasteiger partial charge in [-0.15, -0.1) is 11.3 Å². The number of carbonyl (C=O) groups is 1. The average Bonchev–Trinajstić information content (AvgIpc) is 3.01. The number of furan rings is 1. The molecule has 0 spiro atoms. The molecule has 0 aliphatic carbocycles. The molecule has 0 unspecified atom stereocenters. The molecule has 3 aromatic heterocycles. The van der Waals surface area contributed by atoms with Crippen molar-refractivity contribution >= 4 is 33.2 Å². The van der Waals surface area contributed by atoms with E-state index in [1.54, 1.807) is 13.0 Å². The molecule has 0 radical (unpaired) electrons. The number of anilines is 1. The second kappa shape index (κ2) is 4.98. The third-order valence-electron chi connectivity index (χ3n) is 3.19. The Labute approximate surface area is 131 Å². The molecule has 0 aliphatic rings. The smallest absolute Gasteiger partial charge is 0.417 e. The van der Waals surface area contributed by atoms with Crippen molar-refractivity contribution in [3.63, 3.8) is 0 Å². The highest BCUT2D eigenvalue weighted by molar-refractivity contribution is 7.21. The quantitative estimate of drug-likeness (QED) is 0.730. The lowest BCUT2D eigenvalue weighted by atomic mass is 10.1. The van der Waals surface area contributed by atoms with Gasteiger partial charge >= 0.3 is 12.1 Å². The Bertz CT molecular complexity index is 927. The van der Waals surface area contributed by atoms with Crippen LogP contribution in [0.25, 0.3) is 21.7 Å². The number of alkyl halides is 3. The van der Waals surface area contributed by atoms with Crippen molar-refractivity contribution in [3.8, 4) is 11.5 Å². The van der Waals surface area contributed by atoms with E-state index >= 15 is 0 Å². The number of nitrogens with two attached hydrogens (primary N) is 1. The number of halogens is 3. The lowest BCUT2D eigenvalue weighted by Crippen LogP contribution is -2.08. The first-order valence-electron chi connectivity index (χ1n) is 6.29. The molecule has 0 aromatic carbocycles. The van der Waals surface area contributed by atoms with E-state index in [-0.39, 0.29) is 21.2 Å². The summed E-state index contributed by atoms with van der Waals surface area (Å²) in [5, 5.41) is 8.66. The summed E-state index contributed by atoms with van der Waals surface area (Å²) >= 11 is 0.601. The van der Waals surface area contributed by atoms with Crippen LogP contribution in [-0.4, -0.2) is 16.1 Å². The summed E-state index contributed by atoms with van der Waals surface area (Å²) in [6, 6.07) is 3.91. The van der Waals surface area contributed by atoms with Crippen molar-refractivity contribution in [2.24, 2.45) is 0 Å². The van der Waals surface area contributed by atoms with Gasteiger partial charge in [0.25, 0.3) is 0 Å². The minimum absolute atomic E-state index is 0.0314. The van der Waals surface area contributed by atoms with Gasteiger partial charge in [-0.3, -0.25) is 0 Å². The predicted octanol–water partition coefficient (Wildman–Crippen LogP) is 4.16. The molecule has 3 aromatic rings. The summed E-state index contributed by atoms with van der Waals surface area (Å²) in [7, 11) is 0. The topological polar surface area (TPSA) is 89.4 Å². The van der Waals surface area contributed by atoms with E-state index in [2.05, 4.69) is 4.98 Å². The van der Waals surface area contributed by atoms with Crippen LogP contribution in [0.15, 0.2) is 22.6 Å². The Hall–Kier alpha value is -2.55. The number of carboxylic acids is 1. The molecule has 23 heavy (non-hydrogen) atoms. The normalized spacial score (nSPS) is 12.0. The monoisotopic (exact) mass is 342 g/mol. The first kappa shape index (κ1) is 15.3. The van der Waals surface area contributed by atoms with Gasteiger partial charge in [0.05, 0.1) is 11.3 Å². The number of thiophene rings is 1. The summed E-state index contributed by atoms with van der Waals surface area (Å²) in [4.78, 5) is 14.7. The van der Waals surface area contributed by atoms with E-state index in [1.165, 1.54) is 6.07 Å². The number of rotatable bonds is 2. The fourth-order valence-corrected chi connectivity index (χ4v) is 3.16. The first-order chi connectivity index (χ1) is 10.7. The number of hydrogen-bond acceptors (Lipinski definition) is 5. The third-order valence-corrected chi connectivity index (χ3v) is 4.28. The standard InChI is InChI=1S/C14H9F3N2O3S/c1-5-2-3-8(22-5)7-4-6(14(15,16)17)9-10(18)11(13(20)21)23-12(9)19-7/h2-4H,18H2,1H3,(H,20,21). The second-order valence-corrected chi connectivity index (χ2v) is 5.79. The zero-order valence-corrected chi connectivity index (χ0v) is 12.4. The van der Waals surface area contributed by atoms with Gasteiger partial charge in [-0.1, -0.05) is 0 Å². The van der Waals surface area contributed by atoms with Crippen LogP contribution in [0.1, 0.15) is 21.0 Å². The fourth-order valence-electron chi connectivity index (χ4n) is 2.20. The van der Waals surface area contributed by atoms with Crippen molar-refractivity contribution in [1.82, 2.24) is 4.98 Å². The fraction of sp³-hybridized carbons (Fsp3) is 0.143. The lowest BCUT2D eigenvalue weighted by molar-refractivity contribution is -0.136. The third kappa shape index (κ3) is 2.52. The van der Waals surface area contributed by atoms with Gasteiger partial charge < -0.3 is 15.3 Å². The van der Waals surface area contributed by atoms with E-state index in [1.807, 2.05) is 0 Å². The number of aromatic nitrogens is 1. The van der Waals surface area contributed by atoms with Crippen LogP contribution in [0, 0.1) is 6.92 Å². The largest absolute Gasteiger partial charge is 0.477 e. The van der Waals surface area contributed by atoms with E-state index < -0.39 is 28.8 Å². The molecular formula is C14H9F3N2O3S. The number of nitrogen functional groups attached to an aromatic ring is 1. The number of aryl methyl sites for hydroxylation is 1. The Balaban J connectivity index is 2.37. The summed E-state index contributed by atoms with van der Waals surface area (Å²) in [5.74, 6) is -0.708. The van der Waals surface area contributed by atoms with Crippen LogP contribution in [0.3, 0.4) is 0 Å².